The standard InChI is InChI=1S/C29H31F2N3O3/c1-33(6-7-35)26-5-3-21-27(37)22(16-34(28(21)32-26)24-4-2-20(30)11-23(24)31)25(36)15-29-12-17-8-18(13-29)10-19(9-17)14-29/h2-5,11,16-19,35H,6-10,12-15H2,1H3. The predicted molar refractivity (Wildman–Crippen MR) is 137 cm³/mol. The van der Waals surface area contributed by atoms with E-state index in [4.69, 9.17) is 0 Å². The number of Topliss-reactive ketones (excluding diaryl/α,β-unsaturated/α-hetero) is 1. The van der Waals surface area contributed by atoms with E-state index in [2.05, 4.69) is 4.98 Å². The van der Waals surface area contributed by atoms with Gasteiger partial charge < -0.3 is 10.0 Å². The Labute approximate surface area is 213 Å². The van der Waals surface area contributed by atoms with Crippen LogP contribution in [0.5, 0.6) is 0 Å². The highest BCUT2D eigenvalue weighted by molar-refractivity contribution is 5.99. The lowest BCUT2D eigenvalue weighted by molar-refractivity contribution is -0.0524. The maximum absolute atomic E-state index is 15.0. The van der Waals surface area contributed by atoms with E-state index in [1.807, 2.05) is 0 Å². The summed E-state index contributed by atoms with van der Waals surface area (Å²) in [5.41, 5.74) is -0.277. The number of anilines is 1. The molecule has 194 valence electrons. The fraction of sp³-hybridized carbons (Fsp3) is 0.483. The molecule has 6 nitrogen and oxygen atoms in total. The van der Waals surface area contributed by atoms with Gasteiger partial charge in [-0.25, -0.2) is 13.8 Å². The zero-order valence-corrected chi connectivity index (χ0v) is 20.9. The lowest BCUT2D eigenvalue weighted by atomic mass is 9.48. The van der Waals surface area contributed by atoms with Gasteiger partial charge in [0.05, 0.1) is 23.2 Å². The number of nitrogens with zero attached hydrogens (tertiary/aromatic N) is 3. The minimum absolute atomic E-state index is 0.00437. The average Bonchev–Trinajstić information content (AvgIpc) is 2.83. The van der Waals surface area contributed by atoms with Crippen molar-refractivity contribution in [3.8, 4) is 5.69 Å². The van der Waals surface area contributed by atoms with Gasteiger partial charge in [0, 0.05) is 32.3 Å². The molecule has 0 saturated heterocycles. The summed E-state index contributed by atoms with van der Waals surface area (Å²) in [5.74, 6) is 0.760. The zero-order chi connectivity index (χ0) is 25.9. The molecular weight excluding hydrogens is 476 g/mol. The van der Waals surface area contributed by atoms with Gasteiger partial charge in [-0.1, -0.05) is 0 Å². The molecule has 2 aromatic heterocycles. The number of ketones is 1. The highest BCUT2D eigenvalue weighted by atomic mass is 19.1. The number of benzene rings is 1. The van der Waals surface area contributed by atoms with E-state index in [1.54, 1.807) is 24.1 Å². The van der Waals surface area contributed by atoms with E-state index < -0.39 is 17.1 Å². The van der Waals surface area contributed by atoms with Gasteiger partial charge in [0.15, 0.2) is 11.4 Å². The molecule has 0 spiro atoms. The molecular formula is C29H31F2N3O3. The third-order valence-electron chi connectivity index (χ3n) is 8.83. The van der Waals surface area contributed by atoms with Crippen molar-refractivity contribution in [3.05, 3.63) is 63.9 Å². The third kappa shape index (κ3) is 4.25. The van der Waals surface area contributed by atoms with Gasteiger partial charge in [-0.2, -0.15) is 0 Å². The lowest BCUT2D eigenvalue weighted by Gasteiger charge is -2.56. The molecule has 4 aliphatic rings. The number of fused-ring (bicyclic) bond motifs is 1. The Kier molecular flexibility index (Phi) is 5.90. The molecule has 0 amide bonds. The van der Waals surface area contributed by atoms with Crippen LogP contribution in [0.4, 0.5) is 14.6 Å². The molecule has 4 saturated carbocycles. The summed E-state index contributed by atoms with van der Waals surface area (Å²) in [6.45, 7) is 0.225. The van der Waals surface area contributed by atoms with Crippen molar-refractivity contribution >= 4 is 22.6 Å². The summed E-state index contributed by atoms with van der Waals surface area (Å²) in [4.78, 5) is 33.6. The maximum atomic E-state index is 15.0. The first-order valence-corrected chi connectivity index (χ1v) is 13.1. The van der Waals surface area contributed by atoms with Crippen LogP contribution in [0.25, 0.3) is 16.7 Å². The first-order valence-electron chi connectivity index (χ1n) is 13.1. The number of rotatable bonds is 7. The van der Waals surface area contributed by atoms with Crippen molar-refractivity contribution in [3.63, 3.8) is 0 Å². The number of carbonyl (C=O) groups is 1. The summed E-state index contributed by atoms with van der Waals surface area (Å²) in [5, 5.41) is 9.51. The fourth-order valence-corrected chi connectivity index (χ4v) is 7.67. The van der Waals surface area contributed by atoms with Gasteiger partial charge in [0.2, 0.25) is 5.43 Å². The Morgan fingerprint density at radius 1 is 1.11 bits per heavy atom. The van der Waals surface area contributed by atoms with Crippen LogP contribution in [-0.2, 0) is 0 Å². The van der Waals surface area contributed by atoms with E-state index in [0.29, 0.717) is 36.5 Å². The largest absolute Gasteiger partial charge is 0.395 e. The number of pyridine rings is 2. The molecule has 0 aliphatic heterocycles. The second kappa shape index (κ2) is 9.01. The lowest BCUT2D eigenvalue weighted by Crippen LogP contribution is -2.47. The van der Waals surface area contributed by atoms with E-state index in [0.717, 1.165) is 31.4 Å². The minimum Gasteiger partial charge on any atom is -0.395 e. The van der Waals surface area contributed by atoms with E-state index in [1.165, 1.54) is 36.1 Å². The Morgan fingerprint density at radius 3 is 2.41 bits per heavy atom. The number of hydrogen-bond donors (Lipinski definition) is 1. The van der Waals surface area contributed by atoms with Gasteiger partial charge in [-0.05, 0) is 86.0 Å². The van der Waals surface area contributed by atoms with Crippen molar-refractivity contribution in [1.29, 1.82) is 0 Å². The number of aliphatic hydroxyl groups excluding tert-OH is 1. The summed E-state index contributed by atoms with van der Waals surface area (Å²) >= 11 is 0. The molecule has 3 aromatic rings. The second-order valence-corrected chi connectivity index (χ2v) is 11.5. The summed E-state index contributed by atoms with van der Waals surface area (Å²) in [7, 11) is 1.74. The van der Waals surface area contributed by atoms with Crippen LogP contribution in [-0.4, -0.2) is 40.6 Å². The average molecular weight is 508 g/mol. The number of halogens is 2. The number of hydrogen-bond acceptors (Lipinski definition) is 5. The van der Waals surface area contributed by atoms with Crippen molar-refractivity contribution in [2.75, 3.05) is 25.1 Å². The molecule has 0 atom stereocenters. The highest BCUT2D eigenvalue weighted by Gasteiger charge is 2.51. The Balaban J connectivity index is 1.46. The Hall–Kier alpha value is -3.13. The third-order valence-corrected chi connectivity index (χ3v) is 8.83. The second-order valence-electron chi connectivity index (χ2n) is 11.5. The summed E-state index contributed by atoms with van der Waals surface area (Å²) < 4.78 is 30.1. The Bertz CT molecular complexity index is 1420. The van der Waals surface area contributed by atoms with Gasteiger partial charge in [0.25, 0.3) is 0 Å². The summed E-state index contributed by atoms with van der Waals surface area (Å²) in [6, 6.07) is 6.44. The maximum Gasteiger partial charge on any atom is 0.201 e. The van der Waals surface area contributed by atoms with Crippen molar-refractivity contribution in [2.45, 2.75) is 44.9 Å². The van der Waals surface area contributed by atoms with Crippen LogP contribution < -0.4 is 10.3 Å². The number of likely N-dealkylation sites (N-methyl/N-ethyl adjacent to an activating group) is 1. The van der Waals surface area contributed by atoms with E-state index in [9.17, 15) is 23.5 Å². The molecule has 4 bridgehead atoms. The molecule has 8 heteroatoms. The van der Waals surface area contributed by atoms with E-state index >= 15 is 0 Å². The molecule has 37 heavy (non-hydrogen) atoms. The SMILES string of the molecule is CN(CCO)c1ccc2c(=O)c(C(=O)CC34CC5CC(CC(C5)C3)C4)cn(-c3ccc(F)cc3F)c2n1. The summed E-state index contributed by atoms with van der Waals surface area (Å²) in [6.07, 6.45) is 8.63. The van der Waals surface area contributed by atoms with Gasteiger partial charge >= 0.3 is 0 Å². The van der Waals surface area contributed by atoms with Crippen LogP contribution in [0.3, 0.4) is 0 Å². The quantitative estimate of drug-likeness (QED) is 0.462. The first-order chi connectivity index (χ1) is 17.7. The van der Waals surface area contributed by atoms with E-state index in [-0.39, 0.29) is 40.1 Å². The molecule has 0 radical (unpaired) electrons. The van der Waals surface area contributed by atoms with Crippen molar-refractivity contribution < 1.29 is 18.7 Å². The van der Waals surface area contributed by atoms with Gasteiger partial charge in [-0.15, -0.1) is 0 Å². The van der Waals surface area contributed by atoms with Crippen LogP contribution in [0, 0.1) is 34.8 Å². The van der Waals surface area contributed by atoms with Crippen LogP contribution in [0.15, 0.2) is 41.3 Å². The number of carbonyl (C=O) groups excluding carboxylic acids is 1. The predicted octanol–water partition coefficient (Wildman–Crippen LogP) is 4.88. The van der Waals surface area contributed by atoms with Gasteiger partial charge in [-0.3, -0.25) is 14.2 Å². The monoisotopic (exact) mass is 507 g/mol. The number of aromatic nitrogens is 2. The zero-order valence-electron chi connectivity index (χ0n) is 20.9. The molecule has 1 aromatic carbocycles. The topological polar surface area (TPSA) is 75.4 Å². The Morgan fingerprint density at radius 2 is 1.78 bits per heavy atom. The van der Waals surface area contributed by atoms with Crippen LogP contribution in [0.2, 0.25) is 0 Å². The van der Waals surface area contributed by atoms with Crippen molar-refractivity contribution in [1.82, 2.24) is 9.55 Å². The molecule has 4 fully saturated rings. The van der Waals surface area contributed by atoms with Crippen molar-refractivity contribution in [2.24, 2.45) is 23.2 Å². The number of aliphatic hydroxyl groups is 1. The van der Waals surface area contributed by atoms with Crippen LogP contribution in [0.1, 0.15) is 55.3 Å². The van der Waals surface area contributed by atoms with Gasteiger partial charge in [0.1, 0.15) is 17.5 Å². The molecule has 7 rings (SSSR count). The van der Waals surface area contributed by atoms with Crippen LogP contribution >= 0.6 is 0 Å². The minimum atomic E-state index is -0.819. The molecule has 4 aliphatic carbocycles. The smallest absolute Gasteiger partial charge is 0.201 e. The normalized spacial score (nSPS) is 26.1. The molecule has 1 N–H and O–H groups in total. The first kappa shape index (κ1) is 24.2. The fourth-order valence-electron chi connectivity index (χ4n) is 7.67. The molecule has 0 unspecified atom stereocenters. The molecule has 2 heterocycles. The highest BCUT2D eigenvalue weighted by Crippen LogP contribution is 2.61.